The Morgan fingerprint density at radius 3 is 2.42 bits per heavy atom. The minimum absolute atomic E-state index is 0.0465. The van der Waals surface area contributed by atoms with Gasteiger partial charge in [0.1, 0.15) is 11.5 Å². The molecule has 2 saturated carbocycles. The summed E-state index contributed by atoms with van der Waals surface area (Å²) in [5, 5.41) is 15.4. The summed E-state index contributed by atoms with van der Waals surface area (Å²) in [5.41, 5.74) is 1.30. The molecular weight excluding hydrogens is 397 g/mol. The summed E-state index contributed by atoms with van der Waals surface area (Å²) in [4.78, 5) is 29.0. The number of rotatable bonds is 6. The second-order valence-electron chi connectivity index (χ2n) is 8.55. The molecule has 2 aliphatic rings. The summed E-state index contributed by atoms with van der Waals surface area (Å²) in [6.45, 7) is 2.36. The van der Waals surface area contributed by atoms with E-state index in [1.165, 1.54) is 6.07 Å². The maximum Gasteiger partial charge on any atom is 0.269 e. The standard InChI is InChI=1S/C24H28FN3O3/c1-2-26-22(30)21-10-4-16(14-27-21)15-3-9-19(20(25)13-15)24(11-12-24)23(31)28-17-5-7-18(29)8-6-17/h3-4,9-10,13-14,17-18,29H,2,5-8,11-12H2,1H3,(H,26,30)(H,28,31)/t17-,18-. The lowest BCUT2D eigenvalue weighted by Gasteiger charge is -2.28. The van der Waals surface area contributed by atoms with Crippen LogP contribution in [0.3, 0.4) is 0 Å². The van der Waals surface area contributed by atoms with Crippen LogP contribution in [0.1, 0.15) is 61.5 Å². The molecule has 6 nitrogen and oxygen atoms in total. The highest BCUT2D eigenvalue weighted by molar-refractivity contribution is 5.93. The molecular formula is C24H28FN3O3. The van der Waals surface area contributed by atoms with Crippen molar-refractivity contribution in [3.63, 3.8) is 0 Å². The van der Waals surface area contributed by atoms with Crippen LogP contribution in [-0.2, 0) is 10.2 Å². The molecule has 0 bridgehead atoms. The quantitative estimate of drug-likeness (QED) is 0.663. The van der Waals surface area contributed by atoms with E-state index in [1.54, 1.807) is 30.5 Å². The molecule has 0 saturated heterocycles. The maximum atomic E-state index is 15.1. The van der Waals surface area contributed by atoms with Crippen molar-refractivity contribution in [2.24, 2.45) is 0 Å². The van der Waals surface area contributed by atoms with Crippen LogP contribution < -0.4 is 10.6 Å². The topological polar surface area (TPSA) is 91.3 Å². The Morgan fingerprint density at radius 2 is 1.84 bits per heavy atom. The summed E-state index contributed by atoms with van der Waals surface area (Å²) < 4.78 is 15.1. The molecule has 1 heterocycles. The highest BCUT2D eigenvalue weighted by Crippen LogP contribution is 2.50. The average molecular weight is 426 g/mol. The zero-order chi connectivity index (χ0) is 22.0. The van der Waals surface area contributed by atoms with Gasteiger partial charge in [-0.05, 0) is 63.1 Å². The third-order valence-electron chi connectivity index (χ3n) is 6.37. The Morgan fingerprint density at radius 1 is 1.13 bits per heavy atom. The number of nitrogens with zero attached hydrogens (tertiary/aromatic N) is 1. The number of halogens is 1. The number of carbonyl (C=O) groups is 2. The van der Waals surface area contributed by atoms with E-state index in [4.69, 9.17) is 0 Å². The number of pyridine rings is 1. The van der Waals surface area contributed by atoms with Crippen LogP contribution in [0.15, 0.2) is 36.5 Å². The van der Waals surface area contributed by atoms with Crippen molar-refractivity contribution in [3.05, 3.63) is 53.6 Å². The van der Waals surface area contributed by atoms with E-state index in [0.717, 1.165) is 12.8 Å². The van der Waals surface area contributed by atoms with Crippen LogP contribution in [0.2, 0.25) is 0 Å². The fraction of sp³-hybridized carbons (Fsp3) is 0.458. The summed E-state index contributed by atoms with van der Waals surface area (Å²) in [6, 6.07) is 8.32. The molecule has 2 aromatic rings. The first-order valence-electron chi connectivity index (χ1n) is 11.0. The van der Waals surface area contributed by atoms with Crippen molar-refractivity contribution in [1.82, 2.24) is 15.6 Å². The lowest BCUT2D eigenvalue weighted by atomic mass is 9.89. The van der Waals surface area contributed by atoms with Crippen molar-refractivity contribution < 1.29 is 19.1 Å². The van der Waals surface area contributed by atoms with Gasteiger partial charge in [-0.1, -0.05) is 18.2 Å². The van der Waals surface area contributed by atoms with E-state index in [-0.39, 0.29) is 24.0 Å². The van der Waals surface area contributed by atoms with Gasteiger partial charge in [0.05, 0.1) is 11.5 Å². The molecule has 4 rings (SSSR count). The number of aliphatic hydroxyl groups excluding tert-OH is 1. The molecule has 0 unspecified atom stereocenters. The first kappa shape index (κ1) is 21.4. The maximum absolute atomic E-state index is 15.1. The average Bonchev–Trinajstić information content (AvgIpc) is 3.57. The van der Waals surface area contributed by atoms with E-state index >= 15 is 4.39 Å². The smallest absolute Gasteiger partial charge is 0.269 e. The number of hydrogen-bond acceptors (Lipinski definition) is 4. The van der Waals surface area contributed by atoms with Crippen LogP contribution in [0.4, 0.5) is 4.39 Å². The molecule has 2 aliphatic carbocycles. The van der Waals surface area contributed by atoms with Crippen LogP contribution in [0.5, 0.6) is 0 Å². The summed E-state index contributed by atoms with van der Waals surface area (Å²) in [7, 11) is 0. The number of aromatic nitrogens is 1. The lowest BCUT2D eigenvalue weighted by molar-refractivity contribution is -0.124. The van der Waals surface area contributed by atoms with Crippen molar-refractivity contribution in [2.75, 3.05) is 6.54 Å². The molecule has 164 valence electrons. The molecule has 0 spiro atoms. The van der Waals surface area contributed by atoms with Gasteiger partial charge >= 0.3 is 0 Å². The van der Waals surface area contributed by atoms with Gasteiger partial charge in [-0.2, -0.15) is 0 Å². The Hall–Kier alpha value is -2.80. The predicted octanol–water partition coefficient (Wildman–Crippen LogP) is 3.09. The third kappa shape index (κ3) is 4.46. The van der Waals surface area contributed by atoms with E-state index in [0.29, 0.717) is 54.6 Å². The third-order valence-corrected chi connectivity index (χ3v) is 6.37. The zero-order valence-corrected chi connectivity index (χ0v) is 17.7. The van der Waals surface area contributed by atoms with Crippen LogP contribution in [0.25, 0.3) is 11.1 Å². The number of nitrogens with one attached hydrogen (secondary N) is 2. The fourth-order valence-electron chi connectivity index (χ4n) is 4.32. The molecule has 7 heteroatoms. The highest BCUT2D eigenvalue weighted by atomic mass is 19.1. The van der Waals surface area contributed by atoms with Gasteiger partial charge in [0.15, 0.2) is 0 Å². The molecule has 3 N–H and O–H groups in total. The fourth-order valence-corrected chi connectivity index (χ4v) is 4.32. The summed E-state index contributed by atoms with van der Waals surface area (Å²) in [5.74, 6) is -0.768. The largest absolute Gasteiger partial charge is 0.393 e. The molecule has 1 aromatic carbocycles. The van der Waals surface area contributed by atoms with Gasteiger partial charge < -0.3 is 15.7 Å². The predicted molar refractivity (Wildman–Crippen MR) is 115 cm³/mol. The SMILES string of the molecule is CCNC(=O)c1ccc(-c2ccc(C3(C(=O)N[C@H]4CC[C@H](O)CC4)CC3)c(F)c2)cn1. The van der Waals surface area contributed by atoms with Crippen molar-refractivity contribution in [2.45, 2.75) is 63.0 Å². The number of aliphatic hydroxyl groups is 1. The normalized spacial score (nSPS) is 21.9. The van der Waals surface area contributed by atoms with Crippen molar-refractivity contribution in [3.8, 4) is 11.1 Å². The second kappa shape index (κ2) is 8.75. The lowest BCUT2D eigenvalue weighted by Crippen LogP contribution is -2.44. The number of benzene rings is 1. The number of hydrogen-bond donors (Lipinski definition) is 3. The first-order valence-corrected chi connectivity index (χ1v) is 11.0. The Kier molecular flexibility index (Phi) is 6.05. The molecule has 0 radical (unpaired) electrons. The molecule has 1 aromatic heterocycles. The van der Waals surface area contributed by atoms with E-state index in [2.05, 4.69) is 15.6 Å². The summed E-state index contributed by atoms with van der Waals surface area (Å²) in [6.07, 6.45) is 5.42. The van der Waals surface area contributed by atoms with E-state index < -0.39 is 11.2 Å². The molecule has 2 amide bonds. The molecule has 2 fully saturated rings. The highest BCUT2D eigenvalue weighted by Gasteiger charge is 2.53. The van der Waals surface area contributed by atoms with Crippen LogP contribution in [0, 0.1) is 5.82 Å². The van der Waals surface area contributed by atoms with Crippen LogP contribution in [-0.4, -0.2) is 40.6 Å². The van der Waals surface area contributed by atoms with E-state index in [1.807, 2.05) is 6.92 Å². The van der Waals surface area contributed by atoms with E-state index in [9.17, 15) is 14.7 Å². The minimum Gasteiger partial charge on any atom is -0.393 e. The minimum atomic E-state index is -0.793. The Labute approximate surface area is 181 Å². The zero-order valence-electron chi connectivity index (χ0n) is 17.7. The monoisotopic (exact) mass is 425 g/mol. The van der Waals surface area contributed by atoms with Gasteiger partial charge in [0, 0.05) is 29.9 Å². The Bertz CT molecular complexity index is 965. The summed E-state index contributed by atoms with van der Waals surface area (Å²) >= 11 is 0. The van der Waals surface area contributed by atoms with Gasteiger partial charge in [-0.25, -0.2) is 4.39 Å². The van der Waals surface area contributed by atoms with Gasteiger partial charge in [0.2, 0.25) is 5.91 Å². The first-order chi connectivity index (χ1) is 14.9. The van der Waals surface area contributed by atoms with Crippen molar-refractivity contribution >= 4 is 11.8 Å². The number of amides is 2. The van der Waals surface area contributed by atoms with Crippen molar-refractivity contribution in [1.29, 1.82) is 0 Å². The Balaban J connectivity index is 1.48. The molecule has 0 atom stereocenters. The number of carbonyl (C=O) groups excluding carboxylic acids is 2. The van der Waals surface area contributed by atoms with Gasteiger partial charge in [0.25, 0.3) is 5.91 Å². The van der Waals surface area contributed by atoms with Gasteiger partial charge in [-0.15, -0.1) is 0 Å². The second-order valence-corrected chi connectivity index (χ2v) is 8.55. The molecule has 0 aliphatic heterocycles. The van der Waals surface area contributed by atoms with Gasteiger partial charge in [-0.3, -0.25) is 14.6 Å². The van der Waals surface area contributed by atoms with Crippen LogP contribution >= 0.6 is 0 Å². The molecule has 31 heavy (non-hydrogen) atoms.